The molecule has 4 unspecified atom stereocenters. The number of methoxy groups -OCH3 is 1. The summed E-state index contributed by atoms with van der Waals surface area (Å²) >= 11 is 1.20. The predicted octanol–water partition coefficient (Wildman–Crippen LogP) is 3.83. The Morgan fingerprint density at radius 3 is 2.51 bits per heavy atom. The quantitative estimate of drug-likeness (QED) is 0.150. The van der Waals surface area contributed by atoms with E-state index in [0.717, 1.165) is 0 Å². The molecule has 0 bridgehead atoms. The Balaban J connectivity index is 2.06. The monoisotopic (exact) mass is 558 g/mol. The highest BCUT2D eigenvalue weighted by atomic mass is 32.2. The first-order valence-corrected chi connectivity index (χ1v) is 14.2. The van der Waals surface area contributed by atoms with Gasteiger partial charge in [-0.3, -0.25) is 14.1 Å². The fourth-order valence-electron chi connectivity index (χ4n) is 2.99. The summed E-state index contributed by atoms with van der Waals surface area (Å²) in [4.78, 5) is 37.2. The van der Waals surface area contributed by atoms with Crippen LogP contribution in [0.5, 0.6) is 0 Å². The summed E-state index contributed by atoms with van der Waals surface area (Å²) in [5.41, 5.74) is 6.60. The lowest BCUT2D eigenvalue weighted by molar-refractivity contribution is -0.149. The van der Waals surface area contributed by atoms with E-state index < -0.39 is 32.2 Å². The summed E-state index contributed by atoms with van der Waals surface area (Å²) in [5, 5.41) is 3.14. The predicted molar refractivity (Wildman–Crippen MR) is 145 cm³/mol. The molecular weight excluding hydrogens is 519 g/mol. The Labute approximate surface area is 223 Å². The minimum Gasteiger partial charge on any atom is -0.462 e. The van der Waals surface area contributed by atoms with Crippen molar-refractivity contribution in [3.8, 4) is 0 Å². The molecule has 2 aromatic rings. The highest BCUT2D eigenvalue weighted by molar-refractivity contribution is 8.13. The van der Waals surface area contributed by atoms with Gasteiger partial charge in [0.15, 0.2) is 22.9 Å². The third-order valence-electron chi connectivity index (χ3n) is 5.01. The van der Waals surface area contributed by atoms with Crippen LogP contribution in [0.4, 0.5) is 5.82 Å². The largest absolute Gasteiger partial charge is 0.462 e. The van der Waals surface area contributed by atoms with Crippen LogP contribution >= 0.6 is 20.3 Å². The number of fused-ring (bicyclic) bond motifs is 1. The Morgan fingerprint density at radius 1 is 1.19 bits per heavy atom. The number of nitrogens with zero attached hydrogens (tertiary/aromatic N) is 4. The number of rotatable bonds is 14. The van der Waals surface area contributed by atoms with Crippen molar-refractivity contribution < 1.29 is 28.1 Å². The van der Waals surface area contributed by atoms with Gasteiger partial charge in [0.25, 0.3) is 8.53 Å². The van der Waals surface area contributed by atoms with Crippen LogP contribution in [-0.4, -0.2) is 68.5 Å². The van der Waals surface area contributed by atoms with Crippen molar-refractivity contribution in [2.45, 2.75) is 79.4 Å². The summed E-state index contributed by atoms with van der Waals surface area (Å²) in [6.45, 7) is 13.1. The Kier molecular flexibility index (Phi) is 12.1. The Morgan fingerprint density at radius 2 is 1.89 bits per heavy atom. The van der Waals surface area contributed by atoms with E-state index in [1.165, 1.54) is 25.2 Å². The van der Waals surface area contributed by atoms with E-state index in [-0.39, 0.29) is 23.9 Å². The van der Waals surface area contributed by atoms with E-state index in [4.69, 9.17) is 24.3 Å². The number of imidazole rings is 1. The Hall–Kier alpha value is -1.89. The molecular formula is C23H39N6O6PS. The average Bonchev–Trinajstić information content (AvgIpc) is 3.25. The molecule has 0 spiro atoms. The molecule has 0 aliphatic heterocycles. The lowest BCUT2D eigenvalue weighted by atomic mass is 10.00. The number of aromatic nitrogens is 4. The smallest absolute Gasteiger partial charge is 0.323 e. The minimum absolute atomic E-state index is 0.0729. The van der Waals surface area contributed by atoms with Crippen LogP contribution in [0, 0.1) is 5.41 Å². The fraction of sp³-hybridized carbons (Fsp3) is 0.696. The minimum atomic E-state index is -1.76. The van der Waals surface area contributed by atoms with Gasteiger partial charge in [-0.25, -0.2) is 20.0 Å². The molecule has 14 heteroatoms. The molecule has 2 rings (SSSR count). The van der Waals surface area contributed by atoms with Crippen LogP contribution < -0.4 is 10.8 Å². The molecule has 2 aromatic heterocycles. The molecule has 0 amide bonds. The first kappa shape index (κ1) is 31.3. The van der Waals surface area contributed by atoms with Gasteiger partial charge in [-0.15, -0.1) is 0 Å². The van der Waals surface area contributed by atoms with E-state index >= 15 is 0 Å². The van der Waals surface area contributed by atoms with Crippen molar-refractivity contribution in [3.63, 3.8) is 0 Å². The SMILES string of the molecule is COC(CC(C)n1cnc2c(N)ncnc21)OP(NC(C)C(=O)OC(C)C)OCCSC(=O)C(C)(C)C. The van der Waals surface area contributed by atoms with Crippen molar-refractivity contribution >= 4 is 48.4 Å². The number of nitrogens with one attached hydrogen (secondary N) is 1. The molecule has 12 nitrogen and oxygen atoms in total. The third-order valence-corrected chi connectivity index (χ3v) is 7.70. The van der Waals surface area contributed by atoms with Crippen molar-refractivity contribution in [2.24, 2.45) is 5.41 Å². The van der Waals surface area contributed by atoms with Crippen molar-refractivity contribution in [3.05, 3.63) is 12.7 Å². The van der Waals surface area contributed by atoms with Crippen LogP contribution in [0.1, 0.15) is 60.9 Å². The molecule has 2 heterocycles. The zero-order chi connectivity index (χ0) is 27.8. The van der Waals surface area contributed by atoms with Crippen LogP contribution in [0.15, 0.2) is 12.7 Å². The fourth-order valence-corrected chi connectivity index (χ4v) is 5.16. The first-order valence-electron chi connectivity index (χ1n) is 12.0. The van der Waals surface area contributed by atoms with Gasteiger partial charge in [0.2, 0.25) is 0 Å². The van der Waals surface area contributed by atoms with Gasteiger partial charge in [0.1, 0.15) is 17.9 Å². The average molecular weight is 559 g/mol. The number of anilines is 1. The van der Waals surface area contributed by atoms with E-state index in [9.17, 15) is 9.59 Å². The maximum atomic E-state index is 12.4. The summed E-state index contributed by atoms with van der Waals surface area (Å²) in [7, 11) is -0.227. The molecule has 0 aliphatic rings. The molecule has 0 saturated heterocycles. The molecule has 37 heavy (non-hydrogen) atoms. The van der Waals surface area contributed by atoms with Gasteiger partial charge in [-0.1, -0.05) is 32.5 Å². The number of thioether (sulfide) groups is 1. The van der Waals surface area contributed by atoms with E-state index in [0.29, 0.717) is 29.2 Å². The number of esters is 1. The van der Waals surface area contributed by atoms with E-state index in [1.54, 1.807) is 27.1 Å². The topological polar surface area (TPSA) is 153 Å². The number of carbonyl (C=O) groups is 2. The highest BCUT2D eigenvalue weighted by Gasteiger charge is 2.27. The van der Waals surface area contributed by atoms with Crippen LogP contribution in [0.3, 0.4) is 0 Å². The van der Waals surface area contributed by atoms with Crippen LogP contribution in [0.2, 0.25) is 0 Å². The highest BCUT2D eigenvalue weighted by Crippen LogP contribution is 2.38. The number of carbonyl (C=O) groups excluding carboxylic acids is 2. The molecule has 4 atom stereocenters. The first-order chi connectivity index (χ1) is 17.3. The molecule has 3 N–H and O–H groups in total. The van der Waals surface area contributed by atoms with Gasteiger partial charge in [0, 0.05) is 30.7 Å². The number of nitrogen functional groups attached to an aromatic ring is 1. The van der Waals surface area contributed by atoms with Crippen molar-refractivity contribution in [1.29, 1.82) is 0 Å². The summed E-state index contributed by atoms with van der Waals surface area (Å²) in [5.74, 6) is 0.333. The summed E-state index contributed by atoms with van der Waals surface area (Å²) in [6, 6.07) is -0.797. The second-order valence-electron chi connectivity index (χ2n) is 9.75. The third kappa shape index (κ3) is 9.73. The molecule has 0 aromatic carbocycles. The lowest BCUT2D eigenvalue weighted by Crippen LogP contribution is -2.35. The molecule has 0 radical (unpaired) electrons. The Bertz CT molecular complexity index is 1030. The van der Waals surface area contributed by atoms with Crippen molar-refractivity contribution in [1.82, 2.24) is 24.6 Å². The van der Waals surface area contributed by atoms with Gasteiger partial charge >= 0.3 is 5.97 Å². The molecule has 0 saturated carbocycles. The van der Waals surface area contributed by atoms with Gasteiger partial charge < -0.3 is 24.3 Å². The second-order valence-corrected chi connectivity index (χ2v) is 12.1. The number of nitrogens with two attached hydrogens (primary N) is 1. The van der Waals surface area contributed by atoms with Gasteiger partial charge in [-0.2, -0.15) is 0 Å². The van der Waals surface area contributed by atoms with E-state index in [1.807, 2.05) is 32.3 Å². The maximum absolute atomic E-state index is 12.4. The molecule has 0 fully saturated rings. The van der Waals surface area contributed by atoms with Gasteiger partial charge in [-0.05, 0) is 27.7 Å². The van der Waals surface area contributed by atoms with Crippen LogP contribution in [-0.2, 0) is 28.1 Å². The number of hydrogen-bond donors (Lipinski definition) is 2. The van der Waals surface area contributed by atoms with Crippen LogP contribution in [0.25, 0.3) is 11.2 Å². The number of hydrogen-bond acceptors (Lipinski definition) is 12. The van der Waals surface area contributed by atoms with Crippen molar-refractivity contribution in [2.75, 3.05) is 25.2 Å². The normalized spacial score (nSPS) is 15.5. The zero-order valence-electron chi connectivity index (χ0n) is 22.8. The van der Waals surface area contributed by atoms with E-state index in [2.05, 4.69) is 20.0 Å². The maximum Gasteiger partial charge on any atom is 0.323 e. The lowest BCUT2D eigenvalue weighted by Gasteiger charge is -2.27. The second kappa shape index (κ2) is 14.3. The summed E-state index contributed by atoms with van der Waals surface area (Å²) in [6.07, 6.45) is 2.54. The molecule has 208 valence electrons. The summed E-state index contributed by atoms with van der Waals surface area (Å²) < 4.78 is 24.8. The zero-order valence-corrected chi connectivity index (χ0v) is 24.5. The number of ether oxygens (including phenoxy) is 2. The van der Waals surface area contributed by atoms with Gasteiger partial charge in [0.05, 0.1) is 19.0 Å². The standard InChI is InChI=1S/C23H39N6O6PS/c1-14(2)34-21(30)16(4)28-36(33-9-10-37-22(31)23(5,6)7)35-17(32-8)11-15(3)29-13-27-18-19(24)25-12-26-20(18)29/h12-17,28H,9-11H2,1-8H3,(H2,24,25,26). The molecule has 0 aliphatic carbocycles.